The van der Waals surface area contributed by atoms with E-state index in [1.807, 2.05) is 44.7 Å². The minimum atomic E-state index is 0.103. The summed E-state index contributed by atoms with van der Waals surface area (Å²) in [5, 5.41) is 4.14. The van der Waals surface area contributed by atoms with Crippen LogP contribution in [0.25, 0.3) is 11.1 Å². The molecule has 0 fully saturated rings. The summed E-state index contributed by atoms with van der Waals surface area (Å²) in [6.07, 6.45) is 3.76. The van der Waals surface area contributed by atoms with Crippen molar-refractivity contribution in [3.63, 3.8) is 0 Å². The third-order valence-corrected chi connectivity index (χ3v) is 3.13. The predicted octanol–water partition coefficient (Wildman–Crippen LogP) is 1.67. The number of rotatable bonds is 1. The molecular weight excluding hydrogens is 214 g/mol. The number of nitrogens with zero attached hydrogens (tertiary/aromatic N) is 3. The number of carbonyl (C=O) groups is 1. The molecule has 1 aromatic carbocycles. The molecule has 0 atom stereocenters. The van der Waals surface area contributed by atoms with E-state index >= 15 is 0 Å². The van der Waals surface area contributed by atoms with Gasteiger partial charge in [-0.3, -0.25) is 9.48 Å². The van der Waals surface area contributed by atoms with Gasteiger partial charge in [0.1, 0.15) is 0 Å². The largest absolute Gasteiger partial charge is 0.337 e. The molecule has 2 aromatic rings. The lowest BCUT2D eigenvalue weighted by Crippen LogP contribution is -2.17. The third-order valence-electron chi connectivity index (χ3n) is 3.13. The Kier molecular flexibility index (Phi) is 2.04. The molecule has 0 unspecified atom stereocenters. The van der Waals surface area contributed by atoms with Gasteiger partial charge in [0.25, 0.3) is 5.91 Å². The third kappa shape index (κ3) is 1.53. The van der Waals surface area contributed by atoms with Crippen molar-refractivity contribution in [1.82, 2.24) is 14.7 Å². The fraction of sp³-hybridized carbons (Fsp3) is 0.231. The molecule has 0 bridgehead atoms. The zero-order valence-electron chi connectivity index (χ0n) is 9.84. The van der Waals surface area contributed by atoms with Gasteiger partial charge in [0.15, 0.2) is 0 Å². The van der Waals surface area contributed by atoms with E-state index in [4.69, 9.17) is 0 Å². The highest BCUT2D eigenvalue weighted by atomic mass is 16.2. The SMILES string of the molecule is CN1Cc2ccc(-c3cnn(C)c3)cc2C1=O. The molecule has 0 saturated carbocycles. The minimum absolute atomic E-state index is 0.103. The minimum Gasteiger partial charge on any atom is -0.337 e. The molecule has 1 amide bonds. The van der Waals surface area contributed by atoms with E-state index in [-0.39, 0.29) is 5.91 Å². The average Bonchev–Trinajstić information content (AvgIpc) is 2.85. The number of benzene rings is 1. The summed E-state index contributed by atoms with van der Waals surface area (Å²) in [5.74, 6) is 0.103. The molecule has 1 aliphatic heterocycles. The number of fused-ring (bicyclic) bond motifs is 1. The van der Waals surface area contributed by atoms with Crippen LogP contribution in [0.5, 0.6) is 0 Å². The standard InChI is InChI=1S/C13H13N3O/c1-15-7-10-4-3-9(5-12(10)13(15)17)11-6-14-16(2)8-11/h3-6,8H,7H2,1-2H3. The molecule has 0 spiro atoms. The first-order valence-electron chi connectivity index (χ1n) is 5.52. The normalized spacial score (nSPS) is 14.2. The topological polar surface area (TPSA) is 38.1 Å². The zero-order chi connectivity index (χ0) is 12.0. The van der Waals surface area contributed by atoms with E-state index in [0.717, 1.165) is 22.3 Å². The monoisotopic (exact) mass is 227 g/mol. The maximum Gasteiger partial charge on any atom is 0.254 e. The molecule has 1 aliphatic rings. The first-order valence-corrected chi connectivity index (χ1v) is 5.52. The van der Waals surface area contributed by atoms with Crippen LogP contribution in [-0.4, -0.2) is 27.6 Å². The summed E-state index contributed by atoms with van der Waals surface area (Å²) < 4.78 is 1.76. The second-order valence-corrected chi connectivity index (χ2v) is 4.44. The number of aromatic nitrogens is 2. The van der Waals surface area contributed by atoms with Crippen molar-refractivity contribution < 1.29 is 4.79 Å². The van der Waals surface area contributed by atoms with E-state index in [9.17, 15) is 4.79 Å². The average molecular weight is 227 g/mol. The van der Waals surface area contributed by atoms with Crippen LogP contribution in [0.3, 0.4) is 0 Å². The molecule has 17 heavy (non-hydrogen) atoms. The Morgan fingerprint density at radius 2 is 2.06 bits per heavy atom. The van der Waals surface area contributed by atoms with Gasteiger partial charge in [-0.05, 0) is 17.2 Å². The summed E-state index contributed by atoms with van der Waals surface area (Å²) in [7, 11) is 3.71. The maximum absolute atomic E-state index is 11.9. The van der Waals surface area contributed by atoms with Gasteiger partial charge in [-0.25, -0.2) is 0 Å². The molecule has 3 rings (SSSR count). The van der Waals surface area contributed by atoms with Crippen molar-refractivity contribution in [2.45, 2.75) is 6.54 Å². The molecule has 1 aromatic heterocycles. The molecule has 86 valence electrons. The van der Waals surface area contributed by atoms with Gasteiger partial charge in [-0.2, -0.15) is 5.10 Å². The van der Waals surface area contributed by atoms with E-state index < -0.39 is 0 Å². The van der Waals surface area contributed by atoms with E-state index in [1.165, 1.54) is 0 Å². The Hall–Kier alpha value is -2.10. The van der Waals surface area contributed by atoms with Crippen LogP contribution >= 0.6 is 0 Å². The Morgan fingerprint density at radius 3 is 2.76 bits per heavy atom. The van der Waals surface area contributed by atoms with Gasteiger partial charge < -0.3 is 4.90 Å². The molecular formula is C13H13N3O. The Balaban J connectivity index is 2.08. The molecule has 0 radical (unpaired) electrons. The second kappa shape index (κ2) is 3.45. The number of hydrogen-bond acceptors (Lipinski definition) is 2. The van der Waals surface area contributed by atoms with Crippen LogP contribution in [0.1, 0.15) is 15.9 Å². The van der Waals surface area contributed by atoms with Crippen molar-refractivity contribution in [1.29, 1.82) is 0 Å². The van der Waals surface area contributed by atoms with Gasteiger partial charge in [-0.1, -0.05) is 12.1 Å². The molecule has 0 aliphatic carbocycles. The summed E-state index contributed by atoms with van der Waals surface area (Å²) in [6, 6.07) is 6.03. The van der Waals surface area contributed by atoms with Crippen LogP contribution < -0.4 is 0 Å². The first-order chi connectivity index (χ1) is 8.15. The Bertz CT molecular complexity index is 600. The van der Waals surface area contributed by atoms with E-state index in [1.54, 1.807) is 9.58 Å². The number of carbonyl (C=O) groups excluding carboxylic acids is 1. The van der Waals surface area contributed by atoms with Crippen LogP contribution in [-0.2, 0) is 13.6 Å². The number of hydrogen-bond donors (Lipinski definition) is 0. The highest BCUT2D eigenvalue weighted by Gasteiger charge is 2.24. The molecule has 0 N–H and O–H groups in total. The van der Waals surface area contributed by atoms with Crippen LogP contribution in [0.15, 0.2) is 30.6 Å². The van der Waals surface area contributed by atoms with Crippen molar-refractivity contribution in [2.75, 3.05) is 7.05 Å². The van der Waals surface area contributed by atoms with Crippen LogP contribution in [0.4, 0.5) is 0 Å². The van der Waals surface area contributed by atoms with Crippen molar-refractivity contribution in [2.24, 2.45) is 7.05 Å². The highest BCUT2D eigenvalue weighted by Crippen LogP contribution is 2.27. The lowest BCUT2D eigenvalue weighted by Gasteiger charge is -2.04. The smallest absolute Gasteiger partial charge is 0.254 e. The molecule has 0 saturated heterocycles. The molecule has 4 heteroatoms. The van der Waals surface area contributed by atoms with Gasteiger partial charge in [-0.15, -0.1) is 0 Å². The van der Waals surface area contributed by atoms with Crippen molar-refractivity contribution >= 4 is 5.91 Å². The highest BCUT2D eigenvalue weighted by molar-refractivity contribution is 5.99. The summed E-state index contributed by atoms with van der Waals surface area (Å²) in [6.45, 7) is 0.710. The second-order valence-electron chi connectivity index (χ2n) is 4.44. The van der Waals surface area contributed by atoms with E-state index in [0.29, 0.717) is 6.54 Å². The van der Waals surface area contributed by atoms with Gasteiger partial charge >= 0.3 is 0 Å². The lowest BCUT2D eigenvalue weighted by molar-refractivity contribution is 0.0816. The number of aryl methyl sites for hydroxylation is 1. The van der Waals surface area contributed by atoms with Crippen LogP contribution in [0, 0.1) is 0 Å². The van der Waals surface area contributed by atoms with E-state index in [2.05, 4.69) is 5.10 Å². The van der Waals surface area contributed by atoms with Gasteiger partial charge in [0.2, 0.25) is 0 Å². The fourth-order valence-corrected chi connectivity index (χ4v) is 2.20. The number of amides is 1. The summed E-state index contributed by atoms with van der Waals surface area (Å²) >= 11 is 0. The summed E-state index contributed by atoms with van der Waals surface area (Å²) in [4.78, 5) is 13.6. The quantitative estimate of drug-likeness (QED) is 0.743. The Morgan fingerprint density at radius 1 is 1.24 bits per heavy atom. The fourth-order valence-electron chi connectivity index (χ4n) is 2.20. The van der Waals surface area contributed by atoms with Gasteiger partial charge in [0, 0.05) is 38.0 Å². The Labute approximate surface area is 99.5 Å². The molecule has 2 heterocycles. The zero-order valence-corrected chi connectivity index (χ0v) is 9.84. The lowest BCUT2D eigenvalue weighted by atomic mass is 10.0. The van der Waals surface area contributed by atoms with Crippen molar-refractivity contribution in [3.05, 3.63) is 41.7 Å². The molecule has 4 nitrogen and oxygen atoms in total. The summed E-state index contributed by atoms with van der Waals surface area (Å²) in [5.41, 5.74) is 4.00. The maximum atomic E-state index is 11.9. The van der Waals surface area contributed by atoms with Crippen molar-refractivity contribution in [3.8, 4) is 11.1 Å². The van der Waals surface area contributed by atoms with Crippen LogP contribution in [0.2, 0.25) is 0 Å². The predicted molar refractivity (Wildman–Crippen MR) is 64.4 cm³/mol. The van der Waals surface area contributed by atoms with Gasteiger partial charge in [0.05, 0.1) is 6.20 Å². The first kappa shape index (κ1) is 10.1.